The van der Waals surface area contributed by atoms with E-state index in [1.54, 1.807) is 12.1 Å². The number of hydrogen-bond donors (Lipinski definition) is 2. The molecule has 3 amide bonds. The van der Waals surface area contributed by atoms with Gasteiger partial charge in [-0.1, -0.05) is 13.8 Å². The van der Waals surface area contributed by atoms with Crippen LogP contribution in [0, 0.1) is 11.7 Å². The summed E-state index contributed by atoms with van der Waals surface area (Å²) < 4.78 is 12.8. The molecular weight excluding hydrogens is 255 g/mol. The van der Waals surface area contributed by atoms with E-state index < -0.39 is 17.2 Å². The monoisotopic (exact) mass is 270 g/mol. The second kappa shape index (κ2) is 6.39. The zero-order valence-corrected chi connectivity index (χ0v) is 11.0. The fourth-order valence-electron chi connectivity index (χ4n) is 1.34. The van der Waals surface area contributed by atoms with Crippen LogP contribution >= 0.6 is 11.8 Å². The van der Waals surface area contributed by atoms with Gasteiger partial charge in [0.2, 0.25) is 5.91 Å². The van der Waals surface area contributed by atoms with Gasteiger partial charge < -0.3 is 5.73 Å². The lowest BCUT2D eigenvalue weighted by atomic mass is 10.1. The van der Waals surface area contributed by atoms with Crippen LogP contribution in [-0.4, -0.2) is 17.2 Å². The van der Waals surface area contributed by atoms with Gasteiger partial charge in [-0.25, -0.2) is 9.18 Å². The molecule has 1 aromatic carbocycles. The Morgan fingerprint density at radius 1 is 1.28 bits per heavy atom. The Morgan fingerprint density at radius 2 is 1.83 bits per heavy atom. The van der Waals surface area contributed by atoms with Crippen molar-refractivity contribution in [2.24, 2.45) is 11.7 Å². The molecule has 1 unspecified atom stereocenters. The van der Waals surface area contributed by atoms with E-state index in [0.29, 0.717) is 0 Å². The highest BCUT2D eigenvalue weighted by atomic mass is 32.2. The van der Waals surface area contributed by atoms with E-state index >= 15 is 0 Å². The number of thioether (sulfide) groups is 1. The van der Waals surface area contributed by atoms with Crippen LogP contribution in [0.15, 0.2) is 29.2 Å². The predicted molar refractivity (Wildman–Crippen MR) is 68.6 cm³/mol. The predicted octanol–water partition coefficient (Wildman–Crippen LogP) is 2.14. The van der Waals surface area contributed by atoms with Crippen molar-refractivity contribution in [1.82, 2.24) is 5.32 Å². The number of urea groups is 1. The SMILES string of the molecule is CC(C)C(Sc1ccc(F)cc1)C(=O)NC(N)=O. The van der Waals surface area contributed by atoms with E-state index in [-0.39, 0.29) is 11.7 Å². The van der Waals surface area contributed by atoms with E-state index in [4.69, 9.17) is 5.73 Å². The highest BCUT2D eigenvalue weighted by molar-refractivity contribution is 8.00. The van der Waals surface area contributed by atoms with Crippen molar-refractivity contribution in [2.75, 3.05) is 0 Å². The molecule has 0 aromatic heterocycles. The maximum atomic E-state index is 12.8. The van der Waals surface area contributed by atoms with Gasteiger partial charge in [-0.15, -0.1) is 11.8 Å². The molecule has 0 saturated heterocycles. The fourth-order valence-corrected chi connectivity index (χ4v) is 2.37. The maximum absolute atomic E-state index is 12.8. The standard InChI is InChI=1S/C12H15FN2O2S/c1-7(2)10(11(16)15-12(14)17)18-9-5-3-8(13)4-6-9/h3-7,10H,1-2H3,(H3,14,15,16,17). The number of rotatable bonds is 4. The summed E-state index contributed by atoms with van der Waals surface area (Å²) in [6, 6.07) is 4.96. The number of nitrogens with one attached hydrogen (secondary N) is 1. The quantitative estimate of drug-likeness (QED) is 0.823. The average Bonchev–Trinajstić information content (AvgIpc) is 2.26. The van der Waals surface area contributed by atoms with E-state index in [1.165, 1.54) is 23.9 Å². The summed E-state index contributed by atoms with van der Waals surface area (Å²) in [7, 11) is 0. The number of carbonyl (C=O) groups is 2. The minimum Gasteiger partial charge on any atom is -0.351 e. The molecule has 0 radical (unpaired) electrons. The van der Waals surface area contributed by atoms with Gasteiger partial charge in [0, 0.05) is 4.90 Å². The first-order valence-corrected chi connectivity index (χ1v) is 6.30. The van der Waals surface area contributed by atoms with Crippen LogP contribution in [0.5, 0.6) is 0 Å². The second-order valence-corrected chi connectivity index (χ2v) is 5.30. The highest BCUT2D eigenvalue weighted by Gasteiger charge is 2.24. The molecular formula is C12H15FN2O2S. The largest absolute Gasteiger partial charge is 0.351 e. The number of amides is 3. The van der Waals surface area contributed by atoms with Gasteiger partial charge in [0.1, 0.15) is 5.82 Å². The number of carbonyl (C=O) groups excluding carboxylic acids is 2. The number of nitrogens with two attached hydrogens (primary N) is 1. The van der Waals surface area contributed by atoms with E-state index in [0.717, 1.165) is 4.90 Å². The zero-order chi connectivity index (χ0) is 13.7. The molecule has 0 fully saturated rings. The molecule has 0 heterocycles. The summed E-state index contributed by atoms with van der Waals surface area (Å²) >= 11 is 1.27. The molecule has 3 N–H and O–H groups in total. The summed E-state index contributed by atoms with van der Waals surface area (Å²) in [5.41, 5.74) is 4.91. The minimum absolute atomic E-state index is 0.0133. The summed E-state index contributed by atoms with van der Waals surface area (Å²) in [5.74, 6) is -0.756. The van der Waals surface area contributed by atoms with Crippen LogP contribution in [0.4, 0.5) is 9.18 Å². The molecule has 1 aromatic rings. The van der Waals surface area contributed by atoms with Crippen LogP contribution in [0.25, 0.3) is 0 Å². The molecule has 18 heavy (non-hydrogen) atoms. The first-order valence-electron chi connectivity index (χ1n) is 5.42. The first-order chi connectivity index (χ1) is 8.40. The van der Waals surface area contributed by atoms with Gasteiger partial charge in [0.15, 0.2) is 0 Å². The van der Waals surface area contributed by atoms with Crippen LogP contribution < -0.4 is 11.1 Å². The zero-order valence-electron chi connectivity index (χ0n) is 10.1. The van der Waals surface area contributed by atoms with Crippen LogP contribution in [-0.2, 0) is 4.79 Å². The number of halogens is 1. The van der Waals surface area contributed by atoms with E-state index in [1.807, 2.05) is 13.8 Å². The van der Waals surface area contributed by atoms with Crippen LogP contribution in [0.3, 0.4) is 0 Å². The van der Waals surface area contributed by atoms with Crippen molar-refractivity contribution in [1.29, 1.82) is 0 Å². The van der Waals surface area contributed by atoms with E-state index in [9.17, 15) is 14.0 Å². The summed E-state index contributed by atoms with van der Waals surface area (Å²) in [5, 5.41) is 1.61. The third kappa shape index (κ3) is 4.37. The third-order valence-electron chi connectivity index (χ3n) is 2.19. The van der Waals surface area contributed by atoms with Crippen molar-refractivity contribution in [3.63, 3.8) is 0 Å². The number of benzene rings is 1. The minimum atomic E-state index is -0.870. The van der Waals surface area contributed by atoms with Crippen molar-refractivity contribution >= 4 is 23.7 Å². The lowest BCUT2D eigenvalue weighted by Gasteiger charge is -2.18. The molecule has 0 bridgehead atoms. The van der Waals surface area contributed by atoms with E-state index in [2.05, 4.69) is 5.32 Å². The van der Waals surface area contributed by atoms with Gasteiger partial charge in [0.05, 0.1) is 5.25 Å². The smallest absolute Gasteiger partial charge is 0.318 e. The van der Waals surface area contributed by atoms with Crippen molar-refractivity contribution < 1.29 is 14.0 Å². The molecule has 1 rings (SSSR count). The van der Waals surface area contributed by atoms with Gasteiger partial charge in [-0.3, -0.25) is 10.1 Å². The summed E-state index contributed by atoms with van der Waals surface area (Å²) in [4.78, 5) is 23.2. The first kappa shape index (κ1) is 14.5. The van der Waals surface area contributed by atoms with Crippen molar-refractivity contribution in [3.8, 4) is 0 Å². The van der Waals surface area contributed by atoms with Crippen molar-refractivity contribution in [3.05, 3.63) is 30.1 Å². The lowest BCUT2D eigenvalue weighted by molar-refractivity contribution is -0.120. The summed E-state index contributed by atoms with van der Waals surface area (Å²) in [6.45, 7) is 3.73. The maximum Gasteiger partial charge on any atom is 0.318 e. The molecule has 98 valence electrons. The lowest BCUT2D eigenvalue weighted by Crippen LogP contribution is -2.42. The number of hydrogen-bond acceptors (Lipinski definition) is 3. The molecule has 0 aliphatic carbocycles. The van der Waals surface area contributed by atoms with Gasteiger partial charge in [-0.2, -0.15) is 0 Å². The normalized spacial score (nSPS) is 12.2. The molecule has 0 saturated carbocycles. The van der Waals surface area contributed by atoms with Gasteiger partial charge in [0.25, 0.3) is 0 Å². The van der Waals surface area contributed by atoms with Gasteiger partial charge in [-0.05, 0) is 30.2 Å². The number of imide groups is 1. The van der Waals surface area contributed by atoms with Crippen molar-refractivity contribution in [2.45, 2.75) is 24.0 Å². The average molecular weight is 270 g/mol. The molecule has 4 nitrogen and oxygen atoms in total. The van der Waals surface area contributed by atoms with Gasteiger partial charge >= 0.3 is 6.03 Å². The Labute approximate surface area is 109 Å². The topological polar surface area (TPSA) is 72.2 Å². The highest BCUT2D eigenvalue weighted by Crippen LogP contribution is 2.28. The summed E-state index contributed by atoms with van der Waals surface area (Å²) in [6.07, 6.45) is 0. The Bertz CT molecular complexity index is 434. The molecule has 6 heteroatoms. The molecule has 0 spiro atoms. The molecule has 1 atom stereocenters. The van der Waals surface area contributed by atoms with Crippen LogP contribution in [0.2, 0.25) is 0 Å². The van der Waals surface area contributed by atoms with Crippen LogP contribution in [0.1, 0.15) is 13.8 Å². The molecule has 0 aliphatic heterocycles. The Morgan fingerprint density at radius 3 is 2.28 bits per heavy atom. The molecule has 0 aliphatic rings. The third-order valence-corrected chi connectivity index (χ3v) is 3.74. The Kier molecular flexibility index (Phi) is 5.15. The Balaban J connectivity index is 2.77. The Hall–Kier alpha value is -1.56. The number of primary amides is 1. The second-order valence-electron chi connectivity index (χ2n) is 4.09. The fraction of sp³-hybridized carbons (Fsp3) is 0.333.